The Kier molecular flexibility index (Phi) is 72.6. The largest absolute Gasteiger partial charge is 0.391 e. The third kappa shape index (κ3) is 67.0. The highest BCUT2D eigenvalue weighted by molar-refractivity contribution is 5.56. The highest BCUT2D eigenvalue weighted by Gasteiger charge is 2.25. The van der Waals surface area contributed by atoms with Gasteiger partial charge in [0, 0.05) is 63.3 Å². The number of hydrogen-bond donors (Lipinski definition) is 4. The maximum absolute atomic E-state index is 9.56. The number of hydrogen-bond acceptors (Lipinski definition) is 33. The third-order valence-corrected chi connectivity index (χ3v) is 21.9. The SMILES string of the molecule is CC(O)COC(C)COC(C)COC(C)COC(C)COC(C)COCCN(CCOCC(C)OCC(C)OCC(C)OCC(C)OCC(C)OCC(C)OCC(C)O)c1ccc(C(c2ccc(N(C)C)cc2)c2ccc(N(CCOCC(C)OCC(C)OCC(C)OCC(C)OCC(C)OCC(C)O)CCOCC(C)OCC(C)OCC(C)OCC(C)OCC(C)OCC(C)OCC(C)O)cc2)cc1. The number of benzene rings is 3. The van der Waals surface area contributed by atoms with E-state index >= 15 is 0 Å². The van der Waals surface area contributed by atoms with Gasteiger partial charge >= 0.3 is 0 Å². The van der Waals surface area contributed by atoms with Crippen molar-refractivity contribution in [1.29, 1.82) is 0 Å². The van der Waals surface area contributed by atoms with E-state index < -0.39 is 24.4 Å². The second-order valence-electron chi connectivity index (χ2n) is 38.9. The van der Waals surface area contributed by atoms with E-state index in [1.165, 1.54) is 0 Å². The zero-order valence-corrected chi connectivity index (χ0v) is 91.3. The number of aliphatic hydroxyl groups excluding tert-OH is 4. The first-order valence-electron chi connectivity index (χ1n) is 51.7. The summed E-state index contributed by atoms with van der Waals surface area (Å²) in [6.07, 6.45) is -5.60. The lowest BCUT2D eigenvalue weighted by Gasteiger charge is -2.28. The van der Waals surface area contributed by atoms with E-state index in [4.69, 9.17) is 123 Å². The molecule has 4 N–H and O–H groups in total. The molecule has 0 heterocycles. The van der Waals surface area contributed by atoms with Crippen molar-refractivity contribution in [3.05, 3.63) is 89.5 Å². The molecular weight excluding hydrogens is 1810 g/mol. The second kappa shape index (κ2) is 78.1. The van der Waals surface area contributed by atoms with Crippen LogP contribution < -0.4 is 14.7 Å². The van der Waals surface area contributed by atoms with Crippen molar-refractivity contribution in [3.63, 3.8) is 0 Å². The molecule has 3 rings (SSSR count). The molecule has 0 aliphatic rings. The monoisotopic (exact) mass is 2000 g/mol. The van der Waals surface area contributed by atoms with Crippen LogP contribution in [0.4, 0.5) is 17.1 Å². The van der Waals surface area contributed by atoms with Crippen molar-refractivity contribution in [2.24, 2.45) is 0 Å². The summed E-state index contributed by atoms with van der Waals surface area (Å²) in [5.74, 6) is -0.127. The topological polar surface area (TPSA) is 331 Å². The Morgan fingerprint density at radius 3 is 0.421 bits per heavy atom. The molecule has 818 valence electrons. The van der Waals surface area contributed by atoms with Gasteiger partial charge in [-0.25, -0.2) is 0 Å². The Hall–Kier alpha value is -4.14. The predicted molar refractivity (Wildman–Crippen MR) is 548 cm³/mol. The van der Waals surface area contributed by atoms with Crippen molar-refractivity contribution in [1.82, 2.24) is 0 Å². The molecule has 0 radical (unpaired) electrons. The van der Waals surface area contributed by atoms with Crippen molar-refractivity contribution in [2.75, 3.05) is 253 Å². The van der Waals surface area contributed by atoms with Gasteiger partial charge in [0.1, 0.15) is 0 Å². The third-order valence-electron chi connectivity index (χ3n) is 21.9. The minimum Gasteiger partial charge on any atom is -0.391 e. The summed E-state index contributed by atoms with van der Waals surface area (Å²) in [5.41, 5.74) is 6.54. The lowest BCUT2D eigenvalue weighted by Crippen LogP contribution is -2.33. The van der Waals surface area contributed by atoms with Crippen LogP contribution in [0.15, 0.2) is 72.8 Å². The highest BCUT2D eigenvalue weighted by Crippen LogP contribution is 2.36. The van der Waals surface area contributed by atoms with Crippen LogP contribution in [-0.2, 0) is 123 Å². The normalized spacial score (nSPS) is 18.1. The van der Waals surface area contributed by atoms with Gasteiger partial charge in [0.05, 0.1) is 357 Å². The molecule has 26 unspecified atom stereocenters. The maximum atomic E-state index is 9.56. The molecular formula is C107H195N3O30. The Balaban J connectivity index is 1.80. The van der Waals surface area contributed by atoms with E-state index in [9.17, 15) is 20.4 Å². The minimum atomic E-state index is -0.530. The standard InChI is InChI=1S/C107H195N3O30/c1-75(111)49-119-83(9)57-127-91(17)65-135-95(21)69-131-87(13)61-123-79(5)53-115-45-41-109(43-47-117-55-81(7)125-63-89(15)133-71-97(23)139-73-99(25)137-67-93(19)129-59-85(11)121-51-77(3)113)105-37-31-102(32-38-105)107(101-29-35-104(36-30-101)108(27)28)103-33-39-106(40-34-103)110(42-46-116-54-80(6)124-62-88(14)132-70-96(22)136-66-92(18)128-58-84(10)120-50-76(2)112)44-48-118-56-82(8)126-64-90(16)134-72-98(24)140-74-100(26)138-68-94(20)130-60-86(12)122-52-78(4)114/h29-40,75-100,107,111-114H,41-74H2,1-28H3. The summed E-state index contributed by atoms with van der Waals surface area (Å²) >= 11 is 0. The zero-order valence-electron chi connectivity index (χ0n) is 91.3. The van der Waals surface area contributed by atoms with Crippen LogP contribution in [0.1, 0.15) is 203 Å². The van der Waals surface area contributed by atoms with Crippen molar-refractivity contribution < 1.29 is 144 Å². The lowest BCUT2D eigenvalue weighted by molar-refractivity contribution is -0.106. The highest BCUT2D eigenvalue weighted by atomic mass is 16.6. The molecule has 0 aromatic heterocycles. The summed E-state index contributed by atoms with van der Waals surface area (Å²) in [6.45, 7) is 64.1. The maximum Gasteiger partial charge on any atom is 0.0781 e. The quantitative estimate of drug-likeness (QED) is 0.0301. The van der Waals surface area contributed by atoms with Gasteiger partial charge < -0.3 is 158 Å². The van der Waals surface area contributed by atoms with E-state index in [1.807, 2.05) is 152 Å². The number of anilines is 3. The molecule has 33 nitrogen and oxygen atoms in total. The van der Waals surface area contributed by atoms with E-state index in [1.54, 1.807) is 27.7 Å². The van der Waals surface area contributed by atoms with Gasteiger partial charge in [-0.15, -0.1) is 0 Å². The first-order valence-corrected chi connectivity index (χ1v) is 51.7. The molecule has 0 aliphatic heterocycles. The molecule has 0 spiro atoms. The van der Waals surface area contributed by atoms with E-state index in [-0.39, 0.29) is 167 Å². The summed E-state index contributed by atoms with van der Waals surface area (Å²) in [6, 6.07) is 26.6. The van der Waals surface area contributed by atoms with Gasteiger partial charge in [0.25, 0.3) is 0 Å². The Morgan fingerprint density at radius 2 is 0.293 bits per heavy atom. The van der Waals surface area contributed by atoms with Gasteiger partial charge in [-0.05, 0) is 233 Å². The molecule has 33 heteroatoms. The summed E-state index contributed by atoms with van der Waals surface area (Å²) in [7, 11) is 4.11. The predicted octanol–water partition coefficient (Wildman–Crippen LogP) is 13.0. The van der Waals surface area contributed by atoms with Gasteiger partial charge in [0.2, 0.25) is 0 Å². The summed E-state index contributed by atoms with van der Waals surface area (Å²) in [4.78, 5) is 6.72. The fourth-order valence-electron chi connectivity index (χ4n) is 13.4. The van der Waals surface area contributed by atoms with E-state index in [2.05, 4.69) is 102 Å². The van der Waals surface area contributed by atoms with Crippen molar-refractivity contribution in [3.8, 4) is 0 Å². The van der Waals surface area contributed by atoms with Gasteiger partial charge in [-0.2, -0.15) is 0 Å². The van der Waals surface area contributed by atoms with Gasteiger partial charge in [0.15, 0.2) is 0 Å². The summed E-state index contributed by atoms with van der Waals surface area (Å²) < 4.78 is 158. The Labute approximate surface area is 843 Å². The van der Waals surface area contributed by atoms with Crippen LogP contribution in [0.25, 0.3) is 0 Å². The van der Waals surface area contributed by atoms with Gasteiger partial charge in [-0.3, -0.25) is 0 Å². The van der Waals surface area contributed by atoms with Crippen molar-refractivity contribution >= 4 is 17.1 Å². The molecule has 0 saturated heterocycles. The molecule has 0 aliphatic carbocycles. The van der Waals surface area contributed by atoms with Crippen LogP contribution in [0.5, 0.6) is 0 Å². The smallest absolute Gasteiger partial charge is 0.0781 e. The van der Waals surface area contributed by atoms with Crippen LogP contribution in [0.2, 0.25) is 0 Å². The first kappa shape index (κ1) is 130. The summed E-state index contributed by atoms with van der Waals surface area (Å²) in [5, 5.41) is 38.2. The number of aliphatic hydroxyl groups is 4. The fraction of sp³-hybridized carbons (Fsp3) is 0.832. The molecule has 0 fully saturated rings. The van der Waals surface area contributed by atoms with Crippen LogP contribution >= 0.6 is 0 Å². The van der Waals surface area contributed by atoms with Crippen molar-refractivity contribution in [2.45, 2.75) is 345 Å². The second-order valence-corrected chi connectivity index (χ2v) is 38.9. The molecule has 0 bridgehead atoms. The molecule has 0 amide bonds. The van der Waals surface area contributed by atoms with E-state index in [0.717, 1.165) is 33.8 Å². The molecule has 0 saturated carbocycles. The van der Waals surface area contributed by atoms with Crippen LogP contribution in [-0.4, -0.2) is 418 Å². The average Bonchev–Trinajstić information content (AvgIpc) is 0.796. The molecule has 3 aromatic carbocycles. The first-order chi connectivity index (χ1) is 66.6. The number of ether oxygens (including phenoxy) is 26. The zero-order chi connectivity index (χ0) is 104. The van der Waals surface area contributed by atoms with Gasteiger partial charge in [-0.1, -0.05) is 36.4 Å². The molecule has 140 heavy (non-hydrogen) atoms. The molecule has 3 aromatic rings. The Morgan fingerprint density at radius 1 is 0.171 bits per heavy atom. The van der Waals surface area contributed by atoms with Crippen LogP contribution in [0, 0.1) is 0 Å². The average molecular weight is 2000 g/mol. The van der Waals surface area contributed by atoms with Crippen LogP contribution in [0.3, 0.4) is 0 Å². The number of nitrogens with zero attached hydrogens (tertiary/aromatic N) is 3. The molecule has 26 atom stereocenters. The Bertz CT molecular complexity index is 3160. The number of rotatable bonds is 92. The minimum absolute atomic E-state index is 0.127. The van der Waals surface area contributed by atoms with E-state index in [0.29, 0.717) is 198 Å². The fourth-order valence-corrected chi connectivity index (χ4v) is 13.4. The lowest BCUT2D eigenvalue weighted by atomic mass is 9.85.